The van der Waals surface area contributed by atoms with Crippen molar-refractivity contribution >= 4 is 21.7 Å². The predicted octanol–water partition coefficient (Wildman–Crippen LogP) is 2.56. The summed E-state index contributed by atoms with van der Waals surface area (Å²) in [4.78, 5) is 12.0. The van der Waals surface area contributed by atoms with Crippen molar-refractivity contribution in [2.75, 3.05) is 5.32 Å². The molecule has 0 fully saturated rings. The molecule has 0 bridgehead atoms. The zero-order valence-corrected chi connectivity index (χ0v) is 11.6. The molecule has 0 radical (unpaired) electrons. The van der Waals surface area contributed by atoms with Crippen LogP contribution < -0.4 is 5.32 Å². The third-order valence-electron chi connectivity index (χ3n) is 3.20. The molecule has 2 aromatic rings. The van der Waals surface area contributed by atoms with Gasteiger partial charge in [0, 0.05) is 5.56 Å². The summed E-state index contributed by atoms with van der Waals surface area (Å²) in [6, 6.07) is 11.0. The van der Waals surface area contributed by atoms with E-state index in [0.29, 0.717) is 4.31 Å². The van der Waals surface area contributed by atoms with E-state index in [1.54, 1.807) is 18.2 Å². The van der Waals surface area contributed by atoms with Gasteiger partial charge in [-0.05, 0) is 18.2 Å². The Morgan fingerprint density at radius 1 is 1.05 bits per heavy atom. The SMILES string of the molecule is O=C1Nc2ccccc2S(=O)(=O)N1Cc1ccccc1F. The van der Waals surface area contributed by atoms with E-state index < -0.39 is 21.9 Å². The number of anilines is 1. The second-order valence-electron chi connectivity index (χ2n) is 4.53. The number of hydrogen-bond donors (Lipinski definition) is 1. The van der Waals surface area contributed by atoms with Gasteiger partial charge < -0.3 is 5.32 Å². The lowest BCUT2D eigenvalue weighted by Crippen LogP contribution is -2.43. The monoisotopic (exact) mass is 306 g/mol. The highest BCUT2D eigenvalue weighted by atomic mass is 32.2. The van der Waals surface area contributed by atoms with Crippen molar-refractivity contribution in [2.24, 2.45) is 0 Å². The molecule has 0 spiro atoms. The normalized spacial score (nSPS) is 16.2. The number of nitrogens with zero attached hydrogens (tertiary/aromatic N) is 1. The number of hydrogen-bond acceptors (Lipinski definition) is 3. The smallest absolute Gasteiger partial charge is 0.306 e. The van der Waals surface area contributed by atoms with E-state index in [-0.39, 0.29) is 22.7 Å². The standard InChI is InChI=1S/C14H11FN2O3S/c15-11-6-2-1-5-10(11)9-17-14(18)16-12-7-3-4-8-13(12)21(17,19)20/h1-8H,9H2,(H,16,18). The van der Waals surface area contributed by atoms with E-state index in [4.69, 9.17) is 0 Å². The number of urea groups is 1. The number of carbonyl (C=O) groups excluding carboxylic acids is 1. The first-order valence-electron chi connectivity index (χ1n) is 6.16. The summed E-state index contributed by atoms with van der Waals surface area (Å²) in [7, 11) is -3.99. The number of halogens is 1. The first-order chi connectivity index (χ1) is 10.00. The molecule has 2 aromatic carbocycles. The molecular weight excluding hydrogens is 295 g/mol. The molecule has 0 saturated carbocycles. The zero-order chi connectivity index (χ0) is 15.0. The third-order valence-corrected chi connectivity index (χ3v) is 4.98. The Morgan fingerprint density at radius 3 is 2.48 bits per heavy atom. The van der Waals surface area contributed by atoms with Crippen LogP contribution in [0.3, 0.4) is 0 Å². The highest BCUT2D eigenvalue weighted by Crippen LogP contribution is 2.30. The Morgan fingerprint density at radius 2 is 1.71 bits per heavy atom. The third kappa shape index (κ3) is 2.25. The van der Waals surface area contributed by atoms with Crippen LogP contribution >= 0.6 is 0 Å². The lowest BCUT2D eigenvalue weighted by Gasteiger charge is -2.28. The van der Waals surface area contributed by atoms with Crippen LogP contribution in [-0.4, -0.2) is 18.8 Å². The minimum atomic E-state index is -3.99. The molecule has 1 heterocycles. The Kier molecular flexibility index (Phi) is 3.13. The maximum Gasteiger partial charge on any atom is 0.336 e. The molecule has 5 nitrogen and oxygen atoms in total. The number of amides is 2. The fourth-order valence-electron chi connectivity index (χ4n) is 2.14. The Bertz CT molecular complexity index is 820. The number of carbonyl (C=O) groups is 1. The van der Waals surface area contributed by atoms with E-state index in [2.05, 4.69) is 5.32 Å². The summed E-state index contributed by atoms with van der Waals surface area (Å²) in [6.07, 6.45) is 0. The largest absolute Gasteiger partial charge is 0.336 e. The highest BCUT2D eigenvalue weighted by Gasteiger charge is 2.36. The minimum Gasteiger partial charge on any atom is -0.306 e. The van der Waals surface area contributed by atoms with E-state index in [0.717, 1.165) is 0 Å². The molecule has 0 aromatic heterocycles. The summed E-state index contributed by atoms with van der Waals surface area (Å²) >= 11 is 0. The maximum absolute atomic E-state index is 13.7. The van der Waals surface area contributed by atoms with Gasteiger partial charge in [-0.3, -0.25) is 0 Å². The summed E-state index contributed by atoms with van der Waals surface area (Å²) in [5, 5.41) is 2.49. The van der Waals surface area contributed by atoms with Gasteiger partial charge in [-0.15, -0.1) is 0 Å². The van der Waals surface area contributed by atoms with Gasteiger partial charge in [-0.1, -0.05) is 30.3 Å². The molecule has 1 aliphatic heterocycles. The topological polar surface area (TPSA) is 66.5 Å². The molecule has 108 valence electrons. The number of nitrogens with one attached hydrogen (secondary N) is 1. The first kappa shape index (κ1) is 13.6. The predicted molar refractivity (Wildman–Crippen MR) is 74.6 cm³/mol. The lowest BCUT2D eigenvalue weighted by molar-refractivity contribution is 0.233. The van der Waals surface area contributed by atoms with Crippen molar-refractivity contribution in [1.29, 1.82) is 0 Å². The molecule has 0 aliphatic carbocycles. The van der Waals surface area contributed by atoms with Gasteiger partial charge in [0.15, 0.2) is 0 Å². The van der Waals surface area contributed by atoms with Gasteiger partial charge in [0.1, 0.15) is 10.7 Å². The van der Waals surface area contributed by atoms with Crippen LogP contribution in [0.5, 0.6) is 0 Å². The Balaban J connectivity index is 2.04. The number of sulfonamides is 1. The van der Waals surface area contributed by atoms with Gasteiger partial charge >= 0.3 is 6.03 Å². The number of fused-ring (bicyclic) bond motifs is 1. The average molecular weight is 306 g/mol. The van der Waals surface area contributed by atoms with Crippen LogP contribution in [0, 0.1) is 5.82 Å². The highest BCUT2D eigenvalue weighted by molar-refractivity contribution is 7.90. The van der Waals surface area contributed by atoms with Crippen LogP contribution in [-0.2, 0) is 16.6 Å². The average Bonchev–Trinajstić information content (AvgIpc) is 2.45. The molecule has 1 aliphatic rings. The summed E-state index contributed by atoms with van der Waals surface area (Å²) in [5.74, 6) is -0.556. The van der Waals surface area contributed by atoms with Crippen molar-refractivity contribution in [3.8, 4) is 0 Å². The van der Waals surface area contributed by atoms with Gasteiger partial charge in [0.05, 0.1) is 12.2 Å². The van der Waals surface area contributed by atoms with E-state index >= 15 is 0 Å². The molecule has 0 saturated heterocycles. The maximum atomic E-state index is 13.7. The van der Waals surface area contributed by atoms with Crippen LogP contribution in [0.25, 0.3) is 0 Å². The van der Waals surface area contributed by atoms with Gasteiger partial charge in [0.25, 0.3) is 10.0 Å². The number of benzene rings is 2. The molecule has 7 heteroatoms. The second-order valence-corrected chi connectivity index (χ2v) is 6.36. The van der Waals surface area contributed by atoms with Gasteiger partial charge in [-0.25, -0.2) is 21.9 Å². The molecule has 2 amide bonds. The number of para-hydroxylation sites is 1. The second kappa shape index (κ2) is 4.85. The van der Waals surface area contributed by atoms with Crippen LogP contribution in [0.2, 0.25) is 0 Å². The van der Waals surface area contributed by atoms with Crippen LogP contribution in [0.4, 0.5) is 14.9 Å². The quantitative estimate of drug-likeness (QED) is 0.927. The van der Waals surface area contributed by atoms with Crippen molar-refractivity contribution in [2.45, 2.75) is 11.4 Å². The van der Waals surface area contributed by atoms with E-state index in [1.165, 1.54) is 30.3 Å². The fourth-order valence-corrected chi connectivity index (χ4v) is 3.60. The van der Waals surface area contributed by atoms with Gasteiger partial charge in [0.2, 0.25) is 0 Å². The zero-order valence-electron chi connectivity index (χ0n) is 10.8. The minimum absolute atomic E-state index is 0.000870. The van der Waals surface area contributed by atoms with Crippen molar-refractivity contribution in [1.82, 2.24) is 4.31 Å². The van der Waals surface area contributed by atoms with Gasteiger partial charge in [-0.2, -0.15) is 0 Å². The van der Waals surface area contributed by atoms with Crippen molar-refractivity contribution in [3.63, 3.8) is 0 Å². The Hall–Kier alpha value is -2.41. The van der Waals surface area contributed by atoms with Crippen molar-refractivity contribution < 1.29 is 17.6 Å². The first-order valence-corrected chi connectivity index (χ1v) is 7.60. The lowest BCUT2D eigenvalue weighted by atomic mass is 10.2. The molecule has 3 rings (SSSR count). The molecular formula is C14H11FN2O3S. The Labute approximate surface area is 121 Å². The number of rotatable bonds is 2. The fraction of sp³-hybridized carbons (Fsp3) is 0.0714. The van der Waals surface area contributed by atoms with Crippen LogP contribution in [0.15, 0.2) is 53.4 Å². The van der Waals surface area contributed by atoms with Crippen LogP contribution in [0.1, 0.15) is 5.56 Å². The molecule has 0 atom stereocenters. The molecule has 0 unspecified atom stereocenters. The molecule has 1 N–H and O–H groups in total. The van der Waals surface area contributed by atoms with Crippen molar-refractivity contribution in [3.05, 3.63) is 59.9 Å². The summed E-state index contributed by atoms with van der Waals surface area (Å²) < 4.78 is 39.2. The van der Waals surface area contributed by atoms with E-state index in [9.17, 15) is 17.6 Å². The van der Waals surface area contributed by atoms with E-state index in [1.807, 2.05) is 0 Å². The summed E-state index contributed by atoms with van der Waals surface area (Å²) in [5.41, 5.74) is 0.364. The molecule has 21 heavy (non-hydrogen) atoms. The summed E-state index contributed by atoms with van der Waals surface area (Å²) in [6.45, 7) is -0.352.